The van der Waals surface area contributed by atoms with Gasteiger partial charge in [-0.25, -0.2) is 14.3 Å². The van der Waals surface area contributed by atoms with Gasteiger partial charge in [0.25, 0.3) is 0 Å². The number of nitrogens with zero attached hydrogens (tertiary/aromatic N) is 4. The second-order valence-electron chi connectivity index (χ2n) is 8.73. The Morgan fingerprint density at radius 2 is 1.97 bits per heavy atom. The van der Waals surface area contributed by atoms with Gasteiger partial charge in [-0.3, -0.25) is 5.10 Å². The quantitative estimate of drug-likeness (QED) is 0.469. The van der Waals surface area contributed by atoms with Crippen molar-refractivity contribution in [1.82, 2.24) is 30.1 Å². The van der Waals surface area contributed by atoms with Crippen LogP contribution >= 0.6 is 0 Å². The van der Waals surface area contributed by atoms with E-state index in [1.807, 2.05) is 12.1 Å². The number of anilines is 2. The monoisotopic (exact) mass is 441 g/mol. The summed E-state index contributed by atoms with van der Waals surface area (Å²) in [4.78, 5) is 14.4. The Hall–Kier alpha value is -3.14. The first-order valence-corrected chi connectivity index (χ1v) is 11.2. The number of ether oxygens (including phenoxy) is 1. The lowest BCUT2D eigenvalue weighted by Gasteiger charge is -2.61. The summed E-state index contributed by atoms with van der Waals surface area (Å²) < 4.78 is 6.83. The van der Waals surface area contributed by atoms with Gasteiger partial charge in [0.05, 0.1) is 18.5 Å². The Morgan fingerprint density at radius 3 is 2.47 bits per heavy atom. The third-order valence-electron chi connectivity index (χ3n) is 6.15. The fourth-order valence-corrected chi connectivity index (χ4v) is 4.48. The zero-order valence-corrected chi connectivity index (χ0v) is 18.4. The summed E-state index contributed by atoms with van der Waals surface area (Å²) in [5.41, 5.74) is 1.79. The molecule has 3 heterocycles. The highest BCUT2D eigenvalue weighted by Gasteiger charge is 2.57. The predicted molar refractivity (Wildman–Crippen MR) is 120 cm³/mol. The van der Waals surface area contributed by atoms with Crippen LogP contribution in [0.1, 0.15) is 57.1 Å². The van der Waals surface area contributed by atoms with E-state index < -0.39 is 6.09 Å². The van der Waals surface area contributed by atoms with Crippen LogP contribution in [0.15, 0.2) is 30.7 Å². The Labute approximate surface area is 186 Å². The molecule has 0 atom stereocenters. The summed E-state index contributed by atoms with van der Waals surface area (Å²) in [7, 11) is 1.64. The van der Waals surface area contributed by atoms with Gasteiger partial charge in [-0.2, -0.15) is 10.2 Å². The van der Waals surface area contributed by atoms with Crippen molar-refractivity contribution in [3.05, 3.63) is 36.4 Å². The summed E-state index contributed by atoms with van der Waals surface area (Å²) in [6.45, 7) is 0.477. The molecule has 4 N–H and O–H groups in total. The van der Waals surface area contributed by atoms with Gasteiger partial charge >= 0.3 is 6.09 Å². The number of fused-ring (bicyclic) bond motifs is 1. The van der Waals surface area contributed by atoms with Crippen LogP contribution in [0.5, 0.6) is 0 Å². The van der Waals surface area contributed by atoms with E-state index in [0.717, 1.165) is 48.0 Å². The van der Waals surface area contributed by atoms with E-state index in [9.17, 15) is 4.79 Å². The van der Waals surface area contributed by atoms with Crippen molar-refractivity contribution < 1.29 is 14.6 Å². The Kier molecular flexibility index (Phi) is 6.89. The molecule has 1 amide bonds. The smallest absolute Gasteiger partial charge is 0.405 e. The molecule has 0 unspecified atom stereocenters. The number of nitrogens with one attached hydrogen (secondary N) is 3. The normalized spacial score (nSPS) is 22.5. The molecule has 0 aromatic carbocycles. The molecule has 172 valence electrons. The summed E-state index contributed by atoms with van der Waals surface area (Å²) in [6, 6.07) is 3.77. The first kappa shape index (κ1) is 22.1. The van der Waals surface area contributed by atoms with Gasteiger partial charge in [-0.05, 0) is 31.2 Å². The summed E-state index contributed by atoms with van der Waals surface area (Å²) in [5.74, 6) is 2.35. The highest BCUT2D eigenvalue weighted by molar-refractivity contribution is 5.72. The molecule has 7 rings (SSSR count). The maximum absolute atomic E-state index is 10.1. The maximum Gasteiger partial charge on any atom is 0.405 e. The van der Waals surface area contributed by atoms with E-state index in [4.69, 9.17) is 9.84 Å². The number of carbonyl (C=O) groups is 1. The summed E-state index contributed by atoms with van der Waals surface area (Å²) in [6.07, 6.45) is 15.0. The minimum Gasteiger partial charge on any atom is -0.465 e. The van der Waals surface area contributed by atoms with E-state index >= 15 is 0 Å². The molecule has 3 aromatic heterocycles. The lowest BCUT2D eigenvalue weighted by molar-refractivity contribution is -0.0448. The molecule has 2 bridgehead atoms. The number of carboxylic acid groups (broad SMARTS) is 1. The zero-order valence-electron chi connectivity index (χ0n) is 18.4. The molecule has 4 fully saturated rings. The number of H-pyrrole nitrogens is 1. The minimum absolute atomic E-state index is 0.0382. The van der Waals surface area contributed by atoms with Crippen LogP contribution in [-0.4, -0.2) is 48.6 Å². The number of methoxy groups -OCH3 is 1. The molecule has 32 heavy (non-hydrogen) atoms. The molecule has 3 aromatic rings. The van der Waals surface area contributed by atoms with Gasteiger partial charge in [0, 0.05) is 31.1 Å². The van der Waals surface area contributed by atoms with Crippen molar-refractivity contribution >= 4 is 23.2 Å². The number of aromatic nitrogens is 5. The maximum atomic E-state index is 10.1. The topological polar surface area (TPSA) is 129 Å². The number of hydrogen-bond acceptors (Lipinski definition) is 6. The van der Waals surface area contributed by atoms with Gasteiger partial charge in [-0.1, -0.05) is 32.1 Å². The van der Waals surface area contributed by atoms with E-state index in [0.29, 0.717) is 6.61 Å². The largest absolute Gasteiger partial charge is 0.465 e. The molecular weight excluding hydrogens is 410 g/mol. The predicted octanol–water partition coefficient (Wildman–Crippen LogP) is 4.10. The molecule has 4 aliphatic rings. The van der Waals surface area contributed by atoms with Crippen molar-refractivity contribution in [2.24, 2.45) is 5.92 Å². The number of hydrogen-bond donors (Lipinski definition) is 4. The van der Waals surface area contributed by atoms with Gasteiger partial charge in [0.2, 0.25) is 0 Å². The van der Waals surface area contributed by atoms with Crippen LogP contribution in [-0.2, 0) is 11.3 Å². The minimum atomic E-state index is -0.867. The third kappa shape index (κ3) is 5.37. The van der Waals surface area contributed by atoms with Crippen molar-refractivity contribution in [3.8, 4) is 0 Å². The van der Waals surface area contributed by atoms with Crippen molar-refractivity contribution in [2.75, 3.05) is 12.4 Å². The molecule has 4 saturated carbocycles. The highest BCUT2D eigenvalue weighted by Crippen LogP contribution is 2.56. The average Bonchev–Trinajstić information content (AvgIpc) is 3.48. The average molecular weight is 442 g/mol. The Balaban J connectivity index is 0.000000143. The molecule has 0 saturated heterocycles. The highest BCUT2D eigenvalue weighted by atomic mass is 16.5. The van der Waals surface area contributed by atoms with Crippen LogP contribution in [0.4, 0.5) is 16.4 Å². The summed E-state index contributed by atoms with van der Waals surface area (Å²) >= 11 is 0. The van der Waals surface area contributed by atoms with Crippen molar-refractivity contribution in [2.45, 2.75) is 63.5 Å². The van der Waals surface area contributed by atoms with E-state index in [1.54, 1.807) is 30.2 Å². The zero-order chi connectivity index (χ0) is 22.4. The second-order valence-corrected chi connectivity index (χ2v) is 8.73. The van der Waals surface area contributed by atoms with Gasteiger partial charge in [0.15, 0.2) is 5.82 Å². The molecule has 4 aliphatic carbocycles. The van der Waals surface area contributed by atoms with E-state index in [1.165, 1.54) is 32.1 Å². The molecular formula is C22H31N7O3. The van der Waals surface area contributed by atoms with Crippen molar-refractivity contribution in [3.63, 3.8) is 0 Å². The third-order valence-corrected chi connectivity index (χ3v) is 6.15. The molecule has 10 nitrogen and oxygen atoms in total. The van der Waals surface area contributed by atoms with Crippen LogP contribution < -0.4 is 10.6 Å². The van der Waals surface area contributed by atoms with Crippen LogP contribution in [0.25, 0.3) is 5.52 Å². The summed E-state index contributed by atoms with van der Waals surface area (Å²) in [5, 5.41) is 25.1. The van der Waals surface area contributed by atoms with Crippen LogP contribution in [0, 0.1) is 5.92 Å². The SMILES string of the molecule is C1CCCC1.COCc1cc2c(Nc3ccn[nH]3)nccn2n1.O=C(O)NC12CC(C1)C2. The fourth-order valence-electron chi connectivity index (χ4n) is 4.48. The standard InChI is InChI=1S/C11H12N6O.C6H9NO2.C5H10/c1-18-7-8-6-9-11(12-4-5-17(9)16-8)14-10-2-3-13-15-10;8-5(9)7-6-1-4(2-6)3-6;1-2-4-5-3-1/h2-6H,7H2,1H3,(H2,12,13,14,15);4,7H,1-3H2,(H,8,9);1-5H2. The Bertz CT molecular complexity index is 989. The van der Waals surface area contributed by atoms with Crippen LogP contribution in [0.2, 0.25) is 0 Å². The van der Waals surface area contributed by atoms with Crippen LogP contribution in [0.3, 0.4) is 0 Å². The lowest BCUT2D eigenvalue weighted by atomic mass is 9.50. The van der Waals surface area contributed by atoms with E-state index in [2.05, 4.69) is 30.9 Å². The molecule has 0 radical (unpaired) electrons. The second kappa shape index (κ2) is 9.99. The molecule has 0 aliphatic heterocycles. The first-order valence-electron chi connectivity index (χ1n) is 11.2. The van der Waals surface area contributed by atoms with Gasteiger partial charge in [0.1, 0.15) is 11.3 Å². The van der Waals surface area contributed by atoms with Gasteiger partial charge < -0.3 is 20.5 Å². The Morgan fingerprint density at radius 1 is 1.25 bits per heavy atom. The van der Waals surface area contributed by atoms with Gasteiger partial charge in [-0.15, -0.1) is 0 Å². The van der Waals surface area contributed by atoms with E-state index in [-0.39, 0.29) is 5.54 Å². The fraction of sp³-hybridized carbons (Fsp3) is 0.545. The first-order chi connectivity index (χ1) is 15.6. The molecule has 10 heteroatoms. The number of rotatable bonds is 5. The lowest BCUT2D eigenvalue weighted by Crippen LogP contribution is -2.67. The number of amides is 1. The molecule has 0 spiro atoms. The number of aromatic amines is 1. The van der Waals surface area contributed by atoms with Crippen molar-refractivity contribution in [1.29, 1.82) is 0 Å².